The average molecular weight is 363 g/mol. The van der Waals surface area contributed by atoms with Crippen molar-refractivity contribution in [2.45, 2.75) is 65.9 Å². The molecule has 0 aliphatic carbocycles. The van der Waals surface area contributed by atoms with Gasteiger partial charge >= 0.3 is 5.97 Å². The molecular weight excluding hydrogens is 328 g/mol. The second kappa shape index (κ2) is 10.3. The number of nitrogens with two attached hydrogens (primary N) is 1. The Bertz CT molecular complexity index is 564. The molecule has 0 spiro atoms. The van der Waals surface area contributed by atoms with Crippen molar-refractivity contribution in [3.05, 3.63) is 35.9 Å². The molecule has 0 aromatic heterocycles. The molecule has 26 heavy (non-hydrogen) atoms. The highest BCUT2D eigenvalue weighted by Gasteiger charge is 2.36. The van der Waals surface area contributed by atoms with Crippen molar-refractivity contribution >= 4 is 11.9 Å². The number of rotatable bonds is 9. The van der Waals surface area contributed by atoms with E-state index in [1.807, 2.05) is 52.8 Å². The molecule has 0 saturated carbocycles. The lowest BCUT2D eigenvalue weighted by Crippen LogP contribution is -2.43. The van der Waals surface area contributed by atoms with Gasteiger partial charge < -0.3 is 4.74 Å². The van der Waals surface area contributed by atoms with E-state index >= 15 is 0 Å². The van der Waals surface area contributed by atoms with Gasteiger partial charge in [0.15, 0.2) is 0 Å². The van der Waals surface area contributed by atoms with Crippen LogP contribution < -0.4 is 11.3 Å². The van der Waals surface area contributed by atoms with Gasteiger partial charge in [-0.25, -0.2) is 5.84 Å². The number of amides is 1. The molecule has 5 nitrogen and oxygen atoms in total. The summed E-state index contributed by atoms with van der Waals surface area (Å²) in [4.78, 5) is 25.1. The van der Waals surface area contributed by atoms with Crippen LogP contribution in [-0.2, 0) is 20.7 Å². The monoisotopic (exact) mass is 362 g/mol. The van der Waals surface area contributed by atoms with Gasteiger partial charge in [-0.3, -0.25) is 15.0 Å². The van der Waals surface area contributed by atoms with E-state index in [0.717, 1.165) is 12.8 Å². The number of nitrogens with one attached hydrogen (secondary N) is 1. The highest BCUT2D eigenvalue weighted by Crippen LogP contribution is 2.28. The summed E-state index contributed by atoms with van der Waals surface area (Å²) < 4.78 is 5.60. The first-order chi connectivity index (χ1) is 12.1. The Hall–Kier alpha value is -1.88. The Kier molecular flexibility index (Phi) is 8.79. The Morgan fingerprint density at radius 3 is 2.23 bits per heavy atom. The van der Waals surface area contributed by atoms with Gasteiger partial charge in [-0.1, -0.05) is 44.2 Å². The molecule has 0 heterocycles. The van der Waals surface area contributed by atoms with Gasteiger partial charge in [0.1, 0.15) is 5.60 Å². The minimum absolute atomic E-state index is 0.274. The zero-order valence-electron chi connectivity index (χ0n) is 16.7. The summed E-state index contributed by atoms with van der Waals surface area (Å²) >= 11 is 0. The summed E-state index contributed by atoms with van der Waals surface area (Å²) in [5, 5.41) is 0. The Morgan fingerprint density at radius 2 is 1.73 bits per heavy atom. The Labute approximate surface area is 157 Å². The van der Waals surface area contributed by atoms with E-state index in [-0.39, 0.29) is 17.8 Å². The average Bonchev–Trinajstić information content (AvgIpc) is 2.55. The number of ether oxygens (including phenoxy) is 1. The third-order valence-electron chi connectivity index (χ3n) is 4.22. The van der Waals surface area contributed by atoms with Crippen LogP contribution in [-0.4, -0.2) is 17.5 Å². The van der Waals surface area contributed by atoms with Gasteiger partial charge in [-0.05, 0) is 57.9 Å². The SMILES string of the molecule is CC(C)CC(C(=O)NN)C(CCCc1ccccc1)C(=O)OC(C)(C)C. The molecule has 5 heteroatoms. The lowest BCUT2D eigenvalue weighted by atomic mass is 9.81. The highest BCUT2D eigenvalue weighted by atomic mass is 16.6. The Balaban J connectivity index is 2.91. The fourth-order valence-corrected chi connectivity index (χ4v) is 3.10. The predicted molar refractivity (Wildman–Crippen MR) is 104 cm³/mol. The second-order valence-electron chi connectivity index (χ2n) is 8.26. The molecule has 2 atom stereocenters. The van der Waals surface area contributed by atoms with E-state index in [1.54, 1.807) is 0 Å². The van der Waals surface area contributed by atoms with Crippen LogP contribution in [0.2, 0.25) is 0 Å². The number of benzene rings is 1. The van der Waals surface area contributed by atoms with Crippen LogP contribution in [0.3, 0.4) is 0 Å². The lowest BCUT2D eigenvalue weighted by Gasteiger charge is -2.29. The van der Waals surface area contributed by atoms with Crippen molar-refractivity contribution in [1.29, 1.82) is 0 Å². The molecule has 146 valence electrons. The quantitative estimate of drug-likeness (QED) is 0.304. The van der Waals surface area contributed by atoms with E-state index in [4.69, 9.17) is 10.6 Å². The maximum atomic E-state index is 12.8. The largest absolute Gasteiger partial charge is 0.460 e. The second-order valence-corrected chi connectivity index (χ2v) is 8.26. The first kappa shape index (κ1) is 22.2. The van der Waals surface area contributed by atoms with E-state index < -0.39 is 17.4 Å². The number of aryl methyl sites for hydroxylation is 1. The molecule has 0 bridgehead atoms. The summed E-state index contributed by atoms with van der Waals surface area (Å²) in [6.45, 7) is 9.59. The standard InChI is InChI=1S/C21H34N2O3/c1-15(2)14-18(19(24)23-22)17(20(25)26-21(3,4)5)13-9-12-16-10-7-6-8-11-16/h6-8,10-11,15,17-18H,9,12-14,22H2,1-5H3,(H,23,24). The zero-order valence-corrected chi connectivity index (χ0v) is 16.7. The van der Waals surface area contributed by atoms with Gasteiger partial charge in [-0.2, -0.15) is 0 Å². The van der Waals surface area contributed by atoms with Crippen molar-refractivity contribution < 1.29 is 14.3 Å². The van der Waals surface area contributed by atoms with E-state index in [9.17, 15) is 9.59 Å². The molecule has 0 saturated heterocycles. The summed E-state index contributed by atoms with van der Waals surface area (Å²) in [5.74, 6) is 4.06. The molecular formula is C21H34N2O3. The molecule has 2 unspecified atom stereocenters. The van der Waals surface area contributed by atoms with Crippen LogP contribution in [0.1, 0.15) is 59.4 Å². The van der Waals surface area contributed by atoms with Crippen molar-refractivity contribution in [2.75, 3.05) is 0 Å². The molecule has 0 radical (unpaired) electrons. The van der Waals surface area contributed by atoms with Crippen LogP contribution in [0.25, 0.3) is 0 Å². The van der Waals surface area contributed by atoms with Gasteiger partial charge in [0.25, 0.3) is 0 Å². The number of hydrogen-bond acceptors (Lipinski definition) is 4. The minimum Gasteiger partial charge on any atom is -0.460 e. The number of hydrazine groups is 1. The molecule has 1 aromatic rings. The first-order valence-electron chi connectivity index (χ1n) is 9.41. The third-order valence-corrected chi connectivity index (χ3v) is 4.22. The normalized spacial score (nSPS) is 14.0. The summed E-state index contributed by atoms with van der Waals surface area (Å²) in [7, 11) is 0. The van der Waals surface area contributed by atoms with Crippen molar-refractivity contribution in [3.8, 4) is 0 Å². The number of carbonyl (C=O) groups excluding carboxylic acids is 2. The molecule has 0 aliphatic heterocycles. The third kappa shape index (κ3) is 8.00. The number of carbonyl (C=O) groups is 2. The van der Waals surface area contributed by atoms with Gasteiger partial charge in [-0.15, -0.1) is 0 Å². The van der Waals surface area contributed by atoms with Gasteiger partial charge in [0.2, 0.25) is 5.91 Å². The van der Waals surface area contributed by atoms with Crippen LogP contribution >= 0.6 is 0 Å². The van der Waals surface area contributed by atoms with Crippen molar-refractivity contribution in [2.24, 2.45) is 23.6 Å². The molecule has 1 rings (SSSR count). The van der Waals surface area contributed by atoms with Crippen LogP contribution in [0.15, 0.2) is 30.3 Å². The lowest BCUT2D eigenvalue weighted by molar-refractivity contribution is -0.164. The number of hydrogen-bond donors (Lipinski definition) is 2. The maximum absolute atomic E-state index is 12.8. The maximum Gasteiger partial charge on any atom is 0.310 e. The molecule has 1 aromatic carbocycles. The molecule has 0 aliphatic rings. The van der Waals surface area contributed by atoms with Crippen LogP contribution in [0.4, 0.5) is 0 Å². The molecule has 3 N–H and O–H groups in total. The summed E-state index contributed by atoms with van der Waals surface area (Å²) in [6.07, 6.45) is 2.85. The topological polar surface area (TPSA) is 81.4 Å². The van der Waals surface area contributed by atoms with E-state index in [1.165, 1.54) is 5.56 Å². The van der Waals surface area contributed by atoms with Crippen molar-refractivity contribution in [1.82, 2.24) is 5.43 Å². The zero-order chi connectivity index (χ0) is 19.7. The van der Waals surface area contributed by atoms with Gasteiger partial charge in [0.05, 0.1) is 11.8 Å². The molecule has 0 fully saturated rings. The molecule has 1 amide bonds. The Morgan fingerprint density at radius 1 is 1.12 bits per heavy atom. The van der Waals surface area contributed by atoms with E-state index in [0.29, 0.717) is 12.8 Å². The van der Waals surface area contributed by atoms with Crippen molar-refractivity contribution in [3.63, 3.8) is 0 Å². The van der Waals surface area contributed by atoms with E-state index in [2.05, 4.69) is 17.6 Å². The highest BCUT2D eigenvalue weighted by molar-refractivity contribution is 5.85. The minimum atomic E-state index is -0.587. The van der Waals surface area contributed by atoms with Crippen LogP contribution in [0, 0.1) is 17.8 Å². The smallest absolute Gasteiger partial charge is 0.310 e. The predicted octanol–water partition coefficient (Wildman–Crippen LogP) is 3.62. The summed E-state index contributed by atoms with van der Waals surface area (Å²) in [6, 6.07) is 10.1. The first-order valence-corrected chi connectivity index (χ1v) is 9.41. The number of esters is 1. The fourth-order valence-electron chi connectivity index (χ4n) is 3.10. The van der Waals surface area contributed by atoms with Gasteiger partial charge in [0, 0.05) is 0 Å². The summed E-state index contributed by atoms with van der Waals surface area (Å²) in [5.41, 5.74) is 2.86. The van der Waals surface area contributed by atoms with Crippen LogP contribution in [0.5, 0.6) is 0 Å². The fraction of sp³-hybridized carbons (Fsp3) is 0.619.